The van der Waals surface area contributed by atoms with Crippen LogP contribution in [0.25, 0.3) is 0 Å². The summed E-state index contributed by atoms with van der Waals surface area (Å²) in [5.74, 6) is -0.667. The van der Waals surface area contributed by atoms with E-state index < -0.39 is 18.3 Å². The monoisotopic (exact) mass is 230 g/mol. The van der Waals surface area contributed by atoms with Gasteiger partial charge in [0.2, 0.25) is 0 Å². The molecule has 0 aromatic rings. The Morgan fingerprint density at radius 1 is 1.27 bits per heavy atom. The molecule has 0 heterocycles. The first-order valence-electron chi connectivity index (χ1n) is 2.53. The summed E-state index contributed by atoms with van der Waals surface area (Å²) in [7, 11) is 0. The first kappa shape index (κ1) is 15.3. The van der Waals surface area contributed by atoms with Crippen molar-refractivity contribution in [2.45, 2.75) is 0 Å². The van der Waals surface area contributed by atoms with E-state index in [1.807, 2.05) is 0 Å². The maximum atomic E-state index is 11.8. The van der Waals surface area contributed by atoms with Gasteiger partial charge in [0.25, 0.3) is 0 Å². The van der Waals surface area contributed by atoms with Crippen molar-refractivity contribution in [3.63, 3.8) is 0 Å². The van der Waals surface area contributed by atoms with Crippen molar-refractivity contribution in [3.8, 4) is 0 Å². The second-order valence-electron chi connectivity index (χ2n) is 1.64. The summed E-state index contributed by atoms with van der Waals surface area (Å²) >= 11 is 10.1. The van der Waals surface area contributed by atoms with Gasteiger partial charge in [0.15, 0.2) is 0 Å². The minimum Gasteiger partial charge on any atom is -0.445 e. The second-order valence-corrected chi connectivity index (χ2v) is 2.22. The van der Waals surface area contributed by atoms with Crippen molar-refractivity contribution in [1.29, 1.82) is 0 Å². The van der Waals surface area contributed by atoms with E-state index in [-0.39, 0.29) is 57.3 Å². The molecule has 0 unspecified atom stereocenters. The average Bonchev–Trinajstić information content (AvgIpc) is 1.80. The normalized spacial score (nSPS) is 12.6. The minimum atomic E-state index is -4.93. The Morgan fingerprint density at radius 2 is 1.73 bits per heavy atom. The van der Waals surface area contributed by atoms with Crippen LogP contribution in [0.1, 0.15) is 0 Å². The zero-order valence-corrected chi connectivity index (χ0v) is 10.6. The van der Waals surface area contributed by atoms with E-state index in [2.05, 4.69) is 0 Å². The van der Waals surface area contributed by atoms with E-state index in [0.29, 0.717) is 0 Å². The quantitative estimate of drug-likeness (QED) is 0.465. The van der Waals surface area contributed by atoms with Gasteiger partial charge in [-0.25, -0.2) is 0 Å². The van der Waals surface area contributed by atoms with Gasteiger partial charge in [0.1, 0.15) is 0 Å². The third-order valence-corrected chi connectivity index (χ3v) is 1.38. The van der Waals surface area contributed by atoms with Gasteiger partial charge in [-0.3, -0.25) is 0 Å². The number of hydrogen-bond acceptors (Lipinski definition) is 0. The SMILES string of the molecule is F[B-](F)(F)/C(=C/CCl)CCl.[K+]. The molecule has 0 aromatic carbocycles. The van der Waals surface area contributed by atoms with Gasteiger partial charge in [0.05, 0.1) is 0 Å². The molecule has 0 aliphatic heterocycles. The summed E-state index contributed by atoms with van der Waals surface area (Å²) in [5.41, 5.74) is -0.725. The molecule has 0 rings (SSSR count). The summed E-state index contributed by atoms with van der Waals surface area (Å²) in [6, 6.07) is 0. The maximum absolute atomic E-state index is 11.8. The fourth-order valence-corrected chi connectivity index (χ4v) is 0.857. The van der Waals surface area contributed by atoms with E-state index in [1.54, 1.807) is 0 Å². The van der Waals surface area contributed by atoms with Crippen molar-refractivity contribution in [2.24, 2.45) is 0 Å². The zero-order valence-electron chi connectivity index (χ0n) is 5.96. The van der Waals surface area contributed by atoms with Crippen LogP contribution in [-0.2, 0) is 0 Å². The van der Waals surface area contributed by atoms with Crippen molar-refractivity contribution in [1.82, 2.24) is 0 Å². The number of allylic oxidation sites excluding steroid dienone is 2. The molecule has 0 aliphatic rings. The molecule has 0 radical (unpaired) electrons. The molecule has 0 spiro atoms. The Labute approximate surface area is 116 Å². The first-order chi connectivity index (χ1) is 4.52. The topological polar surface area (TPSA) is 0 Å². The molecule has 0 nitrogen and oxygen atoms in total. The molecular weight excluding hydrogens is 226 g/mol. The molecule has 60 valence electrons. The molecule has 0 atom stereocenters. The van der Waals surface area contributed by atoms with Crippen LogP contribution in [0.4, 0.5) is 12.9 Å². The molecule has 0 saturated carbocycles. The van der Waals surface area contributed by atoms with Gasteiger partial charge in [-0.2, -0.15) is 0 Å². The van der Waals surface area contributed by atoms with Gasteiger partial charge >= 0.3 is 58.4 Å². The molecular formula is C4H5BCl2F3K. The van der Waals surface area contributed by atoms with Crippen LogP contribution in [0.5, 0.6) is 0 Å². The van der Waals surface area contributed by atoms with Crippen molar-refractivity contribution >= 4 is 30.2 Å². The number of hydrogen-bond donors (Lipinski definition) is 0. The van der Waals surface area contributed by atoms with E-state index in [9.17, 15) is 12.9 Å². The first-order valence-corrected chi connectivity index (χ1v) is 3.60. The van der Waals surface area contributed by atoms with E-state index in [0.717, 1.165) is 6.08 Å². The molecule has 0 aliphatic carbocycles. The zero-order chi connectivity index (χ0) is 8.20. The third-order valence-electron chi connectivity index (χ3n) is 0.914. The van der Waals surface area contributed by atoms with Crippen LogP contribution in [0.2, 0.25) is 0 Å². The molecule has 0 amide bonds. The van der Waals surface area contributed by atoms with E-state index in [1.165, 1.54) is 0 Å². The smallest absolute Gasteiger partial charge is 0.445 e. The third kappa shape index (κ3) is 6.93. The van der Waals surface area contributed by atoms with Gasteiger partial charge in [-0.15, -0.1) is 28.7 Å². The standard InChI is InChI=1S/C4H5BCl2F3.K/c6-2-1-4(3-7)5(8,9)10;/h1H,2-3H2;/q-1;+1/b4-1+;. The van der Waals surface area contributed by atoms with Crippen LogP contribution < -0.4 is 51.4 Å². The molecule has 11 heavy (non-hydrogen) atoms. The molecule has 0 bridgehead atoms. The van der Waals surface area contributed by atoms with Gasteiger partial charge < -0.3 is 12.9 Å². The van der Waals surface area contributed by atoms with E-state index >= 15 is 0 Å². The van der Waals surface area contributed by atoms with Crippen LogP contribution >= 0.6 is 23.2 Å². The summed E-state index contributed by atoms with van der Waals surface area (Å²) in [6.07, 6.45) is 0.883. The predicted octanol–water partition coefficient (Wildman–Crippen LogP) is -0.219. The van der Waals surface area contributed by atoms with E-state index in [4.69, 9.17) is 23.2 Å². The van der Waals surface area contributed by atoms with Crippen LogP contribution in [0, 0.1) is 0 Å². The van der Waals surface area contributed by atoms with Gasteiger partial charge in [-0.1, -0.05) is 6.08 Å². The maximum Gasteiger partial charge on any atom is 1.00 e. The Kier molecular flexibility index (Phi) is 10.1. The summed E-state index contributed by atoms with van der Waals surface area (Å²) in [5, 5.41) is 0. The Morgan fingerprint density at radius 3 is 1.82 bits per heavy atom. The molecule has 0 saturated heterocycles. The number of halogens is 5. The summed E-state index contributed by atoms with van der Waals surface area (Å²) in [4.78, 5) is 0. The molecule has 0 aromatic heterocycles. The van der Waals surface area contributed by atoms with Gasteiger partial charge in [-0.05, 0) is 0 Å². The minimum absolute atomic E-state index is 0. The van der Waals surface area contributed by atoms with Crippen LogP contribution in [0.15, 0.2) is 11.5 Å². The van der Waals surface area contributed by atoms with Gasteiger partial charge in [0, 0.05) is 11.8 Å². The number of alkyl halides is 2. The fourth-order valence-electron chi connectivity index (χ4n) is 0.375. The Balaban J connectivity index is 0. The largest absolute Gasteiger partial charge is 1.00 e. The van der Waals surface area contributed by atoms with Crippen LogP contribution in [0.3, 0.4) is 0 Å². The second kappa shape index (κ2) is 7.24. The van der Waals surface area contributed by atoms with Crippen molar-refractivity contribution < 1.29 is 64.3 Å². The fraction of sp³-hybridized carbons (Fsp3) is 0.500. The number of rotatable bonds is 3. The predicted molar refractivity (Wildman–Crippen MR) is 38.6 cm³/mol. The Hall–Kier alpha value is 1.81. The van der Waals surface area contributed by atoms with Crippen molar-refractivity contribution in [2.75, 3.05) is 11.8 Å². The average molecular weight is 231 g/mol. The summed E-state index contributed by atoms with van der Waals surface area (Å²) in [6.45, 7) is -4.93. The molecule has 0 N–H and O–H groups in total. The van der Waals surface area contributed by atoms with Crippen molar-refractivity contribution in [3.05, 3.63) is 11.5 Å². The molecule has 7 heteroatoms. The Bertz CT molecular complexity index is 136. The molecule has 0 fully saturated rings. The van der Waals surface area contributed by atoms with Crippen LogP contribution in [-0.4, -0.2) is 18.7 Å². The summed E-state index contributed by atoms with van der Waals surface area (Å²) < 4.78 is 35.3.